The number of aromatic nitrogens is 2. The minimum absolute atomic E-state index is 0.407. The number of H-pyrrole nitrogens is 1. The van der Waals surface area contributed by atoms with Crippen LogP contribution >= 0.6 is 0 Å². The zero-order chi connectivity index (χ0) is 9.97. The third-order valence-electron chi connectivity index (χ3n) is 3.36. The molecule has 0 spiro atoms. The fourth-order valence-electron chi connectivity index (χ4n) is 2.35. The molecule has 1 aromatic heterocycles. The first-order chi connectivity index (χ1) is 6.83. The summed E-state index contributed by atoms with van der Waals surface area (Å²) < 4.78 is 0. The van der Waals surface area contributed by atoms with E-state index in [1.165, 1.54) is 36.9 Å². The molecule has 1 aromatic rings. The van der Waals surface area contributed by atoms with Crippen LogP contribution in [-0.4, -0.2) is 17.2 Å². The second-order valence-electron chi connectivity index (χ2n) is 4.23. The van der Waals surface area contributed by atoms with Crippen LogP contribution in [0.5, 0.6) is 0 Å². The average molecular weight is 193 g/mol. The summed E-state index contributed by atoms with van der Waals surface area (Å²) in [6.07, 6.45) is 7.36. The number of nitrogens with zero attached hydrogens (tertiary/aromatic N) is 1. The van der Waals surface area contributed by atoms with Gasteiger partial charge >= 0.3 is 0 Å². The molecule has 0 radical (unpaired) electrons. The highest BCUT2D eigenvalue weighted by molar-refractivity contribution is 5.24. The van der Waals surface area contributed by atoms with Crippen molar-refractivity contribution in [2.24, 2.45) is 0 Å². The van der Waals surface area contributed by atoms with Crippen LogP contribution in [0.15, 0.2) is 6.20 Å². The van der Waals surface area contributed by atoms with Crippen molar-refractivity contribution in [2.45, 2.75) is 44.6 Å². The molecule has 0 aliphatic heterocycles. The lowest BCUT2D eigenvalue weighted by molar-refractivity contribution is 0.618. The molecule has 1 saturated carbocycles. The van der Waals surface area contributed by atoms with Gasteiger partial charge in [0.15, 0.2) is 0 Å². The van der Waals surface area contributed by atoms with Crippen molar-refractivity contribution in [1.82, 2.24) is 15.5 Å². The van der Waals surface area contributed by atoms with E-state index in [0.29, 0.717) is 6.04 Å². The Balaban J connectivity index is 2.19. The topological polar surface area (TPSA) is 40.7 Å². The third-order valence-corrected chi connectivity index (χ3v) is 3.36. The smallest absolute Gasteiger partial charge is 0.0538 e. The largest absolute Gasteiger partial charge is 0.313 e. The molecule has 78 valence electrons. The van der Waals surface area contributed by atoms with Gasteiger partial charge in [-0.2, -0.15) is 5.10 Å². The average Bonchev–Trinajstić information content (AvgIpc) is 2.85. The van der Waals surface area contributed by atoms with Gasteiger partial charge in [0.05, 0.1) is 6.20 Å². The predicted molar refractivity (Wildman–Crippen MR) is 57.3 cm³/mol. The van der Waals surface area contributed by atoms with Crippen molar-refractivity contribution >= 4 is 0 Å². The van der Waals surface area contributed by atoms with Gasteiger partial charge in [0.2, 0.25) is 0 Å². The first-order valence-electron chi connectivity index (χ1n) is 5.53. The Hall–Kier alpha value is -0.830. The number of rotatable bonds is 3. The maximum atomic E-state index is 4.17. The summed E-state index contributed by atoms with van der Waals surface area (Å²) in [6, 6.07) is 0.407. The van der Waals surface area contributed by atoms with Crippen LogP contribution in [0.4, 0.5) is 0 Å². The van der Waals surface area contributed by atoms with Crippen LogP contribution in [0.2, 0.25) is 0 Å². The van der Waals surface area contributed by atoms with E-state index in [9.17, 15) is 0 Å². The van der Waals surface area contributed by atoms with Gasteiger partial charge in [-0.3, -0.25) is 5.10 Å². The Kier molecular flexibility index (Phi) is 2.87. The highest BCUT2D eigenvalue weighted by atomic mass is 15.1. The van der Waals surface area contributed by atoms with Crippen LogP contribution in [0.1, 0.15) is 55.8 Å². The summed E-state index contributed by atoms with van der Waals surface area (Å²) in [7, 11) is 2.00. The van der Waals surface area contributed by atoms with Crippen molar-refractivity contribution in [1.29, 1.82) is 0 Å². The Morgan fingerprint density at radius 2 is 2.21 bits per heavy atom. The summed E-state index contributed by atoms with van der Waals surface area (Å²) in [6.45, 7) is 2.18. The zero-order valence-electron chi connectivity index (χ0n) is 9.01. The summed E-state index contributed by atoms with van der Waals surface area (Å²) in [5.41, 5.74) is 2.71. The molecule has 0 saturated heterocycles. The fourth-order valence-corrected chi connectivity index (χ4v) is 2.35. The normalized spacial score (nSPS) is 20.1. The Morgan fingerprint density at radius 3 is 2.86 bits per heavy atom. The van der Waals surface area contributed by atoms with Gasteiger partial charge in [-0.05, 0) is 26.8 Å². The van der Waals surface area contributed by atoms with Gasteiger partial charge in [0.1, 0.15) is 0 Å². The summed E-state index contributed by atoms with van der Waals surface area (Å²) in [5.74, 6) is 0.725. The molecule has 3 nitrogen and oxygen atoms in total. The molecule has 0 aromatic carbocycles. The van der Waals surface area contributed by atoms with Gasteiger partial charge < -0.3 is 5.32 Å². The molecule has 1 atom stereocenters. The molecule has 1 aliphatic carbocycles. The van der Waals surface area contributed by atoms with Crippen LogP contribution in [0, 0.1) is 0 Å². The van der Waals surface area contributed by atoms with Crippen LogP contribution < -0.4 is 5.32 Å². The molecule has 2 rings (SSSR count). The first-order valence-corrected chi connectivity index (χ1v) is 5.53. The number of aromatic amines is 1. The molecule has 14 heavy (non-hydrogen) atoms. The SMILES string of the molecule is CNC(C)c1cn[nH]c1C1CCCC1. The van der Waals surface area contributed by atoms with E-state index in [1.807, 2.05) is 13.2 Å². The second kappa shape index (κ2) is 4.13. The Morgan fingerprint density at radius 1 is 1.50 bits per heavy atom. The third kappa shape index (κ3) is 1.69. The van der Waals surface area contributed by atoms with Crippen LogP contribution in [-0.2, 0) is 0 Å². The Bertz CT molecular complexity index is 286. The van der Waals surface area contributed by atoms with Gasteiger partial charge in [-0.25, -0.2) is 0 Å². The van der Waals surface area contributed by atoms with Crippen molar-refractivity contribution in [2.75, 3.05) is 7.05 Å². The second-order valence-corrected chi connectivity index (χ2v) is 4.23. The van der Waals surface area contributed by atoms with Crippen LogP contribution in [0.3, 0.4) is 0 Å². The summed E-state index contributed by atoms with van der Waals surface area (Å²) in [5, 5.41) is 10.6. The monoisotopic (exact) mass is 193 g/mol. The van der Waals surface area contributed by atoms with E-state index in [2.05, 4.69) is 22.4 Å². The number of hydrogen-bond donors (Lipinski definition) is 2. The molecule has 0 amide bonds. The summed E-state index contributed by atoms with van der Waals surface area (Å²) >= 11 is 0. The number of nitrogens with one attached hydrogen (secondary N) is 2. The maximum Gasteiger partial charge on any atom is 0.0538 e. The molecule has 1 heterocycles. The molecule has 1 fully saturated rings. The molecular weight excluding hydrogens is 174 g/mol. The fraction of sp³-hybridized carbons (Fsp3) is 0.727. The first kappa shape index (κ1) is 9.71. The minimum Gasteiger partial charge on any atom is -0.313 e. The lowest BCUT2D eigenvalue weighted by Gasteiger charge is -2.14. The lowest BCUT2D eigenvalue weighted by atomic mass is 9.97. The highest BCUT2D eigenvalue weighted by Gasteiger charge is 2.22. The highest BCUT2D eigenvalue weighted by Crippen LogP contribution is 2.35. The van der Waals surface area contributed by atoms with Gasteiger partial charge in [0.25, 0.3) is 0 Å². The Labute approximate surface area is 85.3 Å². The summed E-state index contributed by atoms with van der Waals surface area (Å²) in [4.78, 5) is 0. The molecule has 3 heteroatoms. The maximum absolute atomic E-state index is 4.17. The quantitative estimate of drug-likeness (QED) is 0.773. The van der Waals surface area contributed by atoms with Crippen molar-refractivity contribution in [3.8, 4) is 0 Å². The van der Waals surface area contributed by atoms with E-state index < -0.39 is 0 Å². The molecule has 1 unspecified atom stereocenters. The minimum atomic E-state index is 0.407. The standard InChI is InChI=1S/C11H19N3/c1-8(12-2)10-7-13-14-11(10)9-5-3-4-6-9/h7-9,12H,3-6H2,1-2H3,(H,13,14). The molecule has 0 bridgehead atoms. The van der Waals surface area contributed by atoms with Crippen molar-refractivity contribution < 1.29 is 0 Å². The van der Waals surface area contributed by atoms with Crippen LogP contribution in [0.25, 0.3) is 0 Å². The van der Waals surface area contributed by atoms with E-state index >= 15 is 0 Å². The zero-order valence-corrected chi connectivity index (χ0v) is 9.01. The van der Waals surface area contributed by atoms with E-state index in [0.717, 1.165) is 5.92 Å². The van der Waals surface area contributed by atoms with Gasteiger partial charge in [-0.1, -0.05) is 12.8 Å². The lowest BCUT2D eigenvalue weighted by Crippen LogP contribution is -2.14. The molecule has 1 aliphatic rings. The van der Waals surface area contributed by atoms with E-state index in [1.54, 1.807) is 0 Å². The van der Waals surface area contributed by atoms with Gasteiger partial charge in [-0.15, -0.1) is 0 Å². The van der Waals surface area contributed by atoms with E-state index in [4.69, 9.17) is 0 Å². The predicted octanol–water partition coefficient (Wildman–Crippen LogP) is 2.35. The van der Waals surface area contributed by atoms with Crippen molar-refractivity contribution in [3.63, 3.8) is 0 Å². The van der Waals surface area contributed by atoms with E-state index in [-0.39, 0.29) is 0 Å². The number of hydrogen-bond acceptors (Lipinski definition) is 2. The van der Waals surface area contributed by atoms with Crippen molar-refractivity contribution in [3.05, 3.63) is 17.5 Å². The van der Waals surface area contributed by atoms with Gasteiger partial charge in [0, 0.05) is 23.2 Å². The molecule has 2 N–H and O–H groups in total. The molecular formula is C11H19N3.